The number of ether oxygens (including phenoxy) is 2. The number of amides is 1. The van der Waals surface area contributed by atoms with Crippen molar-refractivity contribution in [3.05, 3.63) is 48.3 Å². The van der Waals surface area contributed by atoms with E-state index in [-0.39, 0.29) is 17.1 Å². The van der Waals surface area contributed by atoms with Gasteiger partial charge < -0.3 is 14.8 Å². The highest BCUT2D eigenvalue weighted by molar-refractivity contribution is 6.04. The normalized spacial score (nSPS) is 10.8. The number of halogens is 2. The van der Waals surface area contributed by atoms with Crippen LogP contribution in [-0.2, 0) is 0 Å². The Morgan fingerprint density at radius 2 is 2.04 bits per heavy atom. The van der Waals surface area contributed by atoms with Crippen molar-refractivity contribution in [1.82, 2.24) is 14.6 Å². The molecular weight excluding hydrogens is 322 g/mol. The zero-order valence-corrected chi connectivity index (χ0v) is 12.4. The van der Waals surface area contributed by atoms with Crippen molar-refractivity contribution in [2.45, 2.75) is 6.61 Å². The smallest absolute Gasteiger partial charge is 0.387 e. The SMILES string of the molecule is COc1ccc(C(=O)Nc2ccnc3ccnn23)cc1OC(F)F. The molecule has 0 saturated carbocycles. The van der Waals surface area contributed by atoms with Gasteiger partial charge in [-0.15, -0.1) is 0 Å². The van der Waals surface area contributed by atoms with Crippen molar-refractivity contribution in [2.75, 3.05) is 12.4 Å². The van der Waals surface area contributed by atoms with Crippen LogP contribution in [0.3, 0.4) is 0 Å². The number of hydrogen-bond donors (Lipinski definition) is 1. The quantitative estimate of drug-likeness (QED) is 0.776. The monoisotopic (exact) mass is 334 g/mol. The lowest BCUT2D eigenvalue weighted by molar-refractivity contribution is -0.0512. The number of nitrogens with zero attached hydrogens (tertiary/aromatic N) is 3. The number of rotatable bonds is 5. The number of carbonyl (C=O) groups excluding carboxylic acids is 1. The topological polar surface area (TPSA) is 77.8 Å². The molecule has 1 N–H and O–H groups in total. The molecule has 2 heterocycles. The van der Waals surface area contributed by atoms with Gasteiger partial charge in [-0.25, -0.2) is 4.98 Å². The standard InChI is InChI=1S/C15H12F2N4O3/c1-23-10-3-2-9(8-11(10)24-15(16)17)14(22)20-13-4-6-18-12-5-7-19-21(12)13/h2-8,15H,1H3,(H,20,22). The van der Waals surface area contributed by atoms with Crippen molar-refractivity contribution in [2.24, 2.45) is 0 Å². The van der Waals surface area contributed by atoms with Crippen molar-refractivity contribution >= 4 is 17.4 Å². The van der Waals surface area contributed by atoms with Gasteiger partial charge in [0.15, 0.2) is 17.1 Å². The van der Waals surface area contributed by atoms with Gasteiger partial charge in [-0.1, -0.05) is 0 Å². The minimum Gasteiger partial charge on any atom is -0.493 e. The van der Waals surface area contributed by atoms with Crippen LogP contribution in [-0.4, -0.2) is 34.2 Å². The van der Waals surface area contributed by atoms with E-state index < -0.39 is 12.5 Å². The van der Waals surface area contributed by atoms with E-state index in [4.69, 9.17) is 4.74 Å². The predicted octanol–water partition coefficient (Wildman–Crippen LogP) is 2.59. The number of aromatic nitrogens is 3. The van der Waals surface area contributed by atoms with E-state index in [0.29, 0.717) is 11.5 Å². The van der Waals surface area contributed by atoms with Crippen molar-refractivity contribution in [1.29, 1.82) is 0 Å². The van der Waals surface area contributed by atoms with Gasteiger partial charge in [-0.05, 0) is 24.3 Å². The third-order valence-electron chi connectivity index (χ3n) is 3.17. The first kappa shape index (κ1) is 15.7. The molecule has 9 heteroatoms. The van der Waals surface area contributed by atoms with Crippen LogP contribution in [0, 0.1) is 0 Å². The fourth-order valence-corrected chi connectivity index (χ4v) is 2.12. The van der Waals surface area contributed by atoms with Crippen LogP contribution in [0.25, 0.3) is 5.65 Å². The van der Waals surface area contributed by atoms with Crippen LogP contribution in [0.15, 0.2) is 42.7 Å². The van der Waals surface area contributed by atoms with Crippen LogP contribution in [0.4, 0.5) is 14.6 Å². The van der Waals surface area contributed by atoms with Gasteiger partial charge in [0, 0.05) is 17.8 Å². The Labute approximate surface area is 134 Å². The second-order valence-corrected chi connectivity index (χ2v) is 4.63. The molecule has 3 aromatic rings. The molecule has 0 aliphatic rings. The molecule has 0 aliphatic heterocycles. The largest absolute Gasteiger partial charge is 0.493 e. The zero-order chi connectivity index (χ0) is 17.1. The van der Waals surface area contributed by atoms with Crippen LogP contribution >= 0.6 is 0 Å². The van der Waals surface area contributed by atoms with Crippen LogP contribution in [0.1, 0.15) is 10.4 Å². The highest BCUT2D eigenvalue weighted by Crippen LogP contribution is 2.29. The molecule has 3 rings (SSSR count). The number of anilines is 1. The Morgan fingerprint density at radius 1 is 1.21 bits per heavy atom. The third-order valence-corrected chi connectivity index (χ3v) is 3.17. The summed E-state index contributed by atoms with van der Waals surface area (Å²) in [4.78, 5) is 16.4. The first-order chi connectivity index (χ1) is 11.6. The maximum absolute atomic E-state index is 12.5. The third kappa shape index (κ3) is 3.09. The first-order valence-corrected chi connectivity index (χ1v) is 6.81. The molecule has 0 radical (unpaired) electrons. The number of methoxy groups -OCH3 is 1. The van der Waals surface area contributed by atoms with E-state index in [1.54, 1.807) is 18.3 Å². The van der Waals surface area contributed by atoms with Gasteiger partial charge in [0.2, 0.25) is 0 Å². The minimum absolute atomic E-state index is 0.102. The molecule has 7 nitrogen and oxygen atoms in total. The van der Waals surface area contributed by atoms with E-state index >= 15 is 0 Å². The maximum atomic E-state index is 12.5. The van der Waals surface area contributed by atoms with Crippen molar-refractivity contribution < 1.29 is 23.0 Å². The fourth-order valence-electron chi connectivity index (χ4n) is 2.12. The molecular formula is C15H12F2N4O3. The molecule has 24 heavy (non-hydrogen) atoms. The van der Waals surface area contributed by atoms with Gasteiger partial charge >= 0.3 is 6.61 Å². The Bertz CT molecular complexity index is 882. The second-order valence-electron chi connectivity index (χ2n) is 4.63. The Balaban J connectivity index is 1.88. The molecule has 2 aromatic heterocycles. The summed E-state index contributed by atoms with van der Waals surface area (Å²) in [5.41, 5.74) is 0.688. The highest BCUT2D eigenvalue weighted by Gasteiger charge is 2.15. The van der Waals surface area contributed by atoms with E-state index in [0.717, 1.165) is 0 Å². The summed E-state index contributed by atoms with van der Waals surface area (Å²) in [6, 6.07) is 7.24. The van der Waals surface area contributed by atoms with E-state index in [1.807, 2.05) is 0 Å². The number of hydrogen-bond acceptors (Lipinski definition) is 5. The van der Waals surface area contributed by atoms with E-state index in [1.165, 1.54) is 36.0 Å². The molecule has 0 atom stereocenters. The molecule has 124 valence electrons. The molecule has 0 unspecified atom stereocenters. The van der Waals surface area contributed by atoms with Crippen molar-refractivity contribution in [3.63, 3.8) is 0 Å². The second kappa shape index (κ2) is 6.49. The molecule has 0 aliphatic carbocycles. The molecule has 0 spiro atoms. The number of alkyl halides is 2. The van der Waals surface area contributed by atoms with E-state index in [9.17, 15) is 13.6 Å². The molecule has 0 fully saturated rings. The van der Waals surface area contributed by atoms with Crippen LogP contribution in [0.2, 0.25) is 0 Å². The number of nitrogens with one attached hydrogen (secondary N) is 1. The van der Waals surface area contributed by atoms with Gasteiger partial charge in [0.25, 0.3) is 5.91 Å². The van der Waals surface area contributed by atoms with Gasteiger partial charge in [0.05, 0.1) is 13.3 Å². The van der Waals surface area contributed by atoms with Crippen LogP contribution < -0.4 is 14.8 Å². The molecule has 1 aromatic carbocycles. The predicted molar refractivity (Wildman–Crippen MR) is 80.6 cm³/mol. The highest BCUT2D eigenvalue weighted by atomic mass is 19.3. The number of fused-ring (bicyclic) bond motifs is 1. The summed E-state index contributed by atoms with van der Waals surface area (Å²) in [5.74, 6) is -0.244. The summed E-state index contributed by atoms with van der Waals surface area (Å²) in [5, 5.41) is 6.69. The average Bonchev–Trinajstić information content (AvgIpc) is 3.04. The lowest BCUT2D eigenvalue weighted by Crippen LogP contribution is -2.15. The average molecular weight is 334 g/mol. The van der Waals surface area contributed by atoms with Gasteiger partial charge in [0.1, 0.15) is 5.82 Å². The first-order valence-electron chi connectivity index (χ1n) is 6.81. The number of benzene rings is 1. The Kier molecular flexibility index (Phi) is 4.23. The number of carbonyl (C=O) groups is 1. The van der Waals surface area contributed by atoms with E-state index in [2.05, 4.69) is 20.1 Å². The lowest BCUT2D eigenvalue weighted by atomic mass is 10.2. The molecule has 0 bridgehead atoms. The van der Waals surface area contributed by atoms with Crippen LogP contribution in [0.5, 0.6) is 11.5 Å². The van der Waals surface area contributed by atoms with Gasteiger partial charge in [-0.2, -0.15) is 18.4 Å². The summed E-state index contributed by atoms with van der Waals surface area (Å²) in [6.07, 6.45) is 3.06. The summed E-state index contributed by atoms with van der Waals surface area (Å²) in [6.45, 7) is -3.03. The fraction of sp³-hybridized carbons (Fsp3) is 0.133. The van der Waals surface area contributed by atoms with Gasteiger partial charge in [-0.3, -0.25) is 4.79 Å². The Hall–Kier alpha value is -3.23. The summed E-state index contributed by atoms with van der Waals surface area (Å²) >= 11 is 0. The maximum Gasteiger partial charge on any atom is 0.387 e. The van der Waals surface area contributed by atoms with Crippen molar-refractivity contribution in [3.8, 4) is 11.5 Å². The minimum atomic E-state index is -3.03. The Morgan fingerprint density at radius 3 is 2.79 bits per heavy atom. The summed E-state index contributed by atoms with van der Waals surface area (Å²) in [7, 11) is 1.32. The summed E-state index contributed by atoms with van der Waals surface area (Å²) < 4.78 is 35.7. The zero-order valence-electron chi connectivity index (χ0n) is 12.4. The molecule has 0 saturated heterocycles. The molecule has 1 amide bonds. The lowest BCUT2D eigenvalue weighted by Gasteiger charge is -2.12.